The Bertz CT molecular complexity index is 373. The quantitative estimate of drug-likeness (QED) is 0.846. The molecule has 0 spiro atoms. The molecule has 0 atom stereocenters. The molecule has 3 nitrogen and oxygen atoms in total. The third-order valence-corrected chi connectivity index (χ3v) is 3.08. The summed E-state index contributed by atoms with van der Waals surface area (Å²) in [6.07, 6.45) is 0.544. The van der Waals surface area contributed by atoms with Crippen molar-refractivity contribution < 1.29 is 13.9 Å². The number of hydrogen-bond acceptors (Lipinski definition) is 3. The predicted molar refractivity (Wildman–Crippen MR) is 62.6 cm³/mol. The first-order valence-electron chi connectivity index (χ1n) is 5.16. The van der Waals surface area contributed by atoms with Gasteiger partial charge in [-0.3, -0.25) is 4.39 Å². The molecule has 0 saturated heterocycles. The highest BCUT2D eigenvalue weighted by molar-refractivity contribution is 9.10. The Morgan fingerprint density at radius 3 is 2.81 bits per heavy atom. The summed E-state index contributed by atoms with van der Waals surface area (Å²) in [6, 6.07) is 3.84. The molecular weight excluding hydrogens is 277 g/mol. The van der Waals surface area contributed by atoms with Crippen LogP contribution in [-0.2, 0) is 6.54 Å². The van der Waals surface area contributed by atoms with Gasteiger partial charge in [0.05, 0.1) is 6.67 Å². The number of benzene rings is 1. The zero-order valence-electron chi connectivity index (χ0n) is 8.76. The minimum Gasteiger partial charge on any atom is -0.454 e. The number of ether oxygens (including phenoxy) is 2. The molecule has 0 aliphatic carbocycles. The number of rotatable bonds is 5. The van der Waals surface area contributed by atoms with Crippen molar-refractivity contribution in [1.29, 1.82) is 0 Å². The number of fused-ring (bicyclic) bond motifs is 1. The minimum atomic E-state index is -0.282. The minimum absolute atomic E-state index is 0.278. The second-order valence-corrected chi connectivity index (χ2v) is 4.37. The van der Waals surface area contributed by atoms with Crippen molar-refractivity contribution in [1.82, 2.24) is 5.32 Å². The second-order valence-electron chi connectivity index (χ2n) is 3.52. The largest absolute Gasteiger partial charge is 0.454 e. The highest BCUT2D eigenvalue weighted by Crippen LogP contribution is 2.36. The van der Waals surface area contributed by atoms with Crippen LogP contribution in [0.25, 0.3) is 0 Å². The zero-order chi connectivity index (χ0) is 11.4. The lowest BCUT2D eigenvalue weighted by molar-refractivity contribution is 0.174. The molecule has 5 heteroatoms. The van der Waals surface area contributed by atoms with Gasteiger partial charge in [0.15, 0.2) is 11.5 Å². The van der Waals surface area contributed by atoms with Crippen molar-refractivity contribution >= 4 is 15.9 Å². The van der Waals surface area contributed by atoms with Gasteiger partial charge in [-0.2, -0.15) is 0 Å². The Labute approximate surface area is 102 Å². The van der Waals surface area contributed by atoms with Crippen molar-refractivity contribution in [3.8, 4) is 11.5 Å². The number of hydrogen-bond donors (Lipinski definition) is 1. The van der Waals surface area contributed by atoms with E-state index >= 15 is 0 Å². The Balaban J connectivity index is 1.98. The van der Waals surface area contributed by atoms with E-state index in [1.54, 1.807) is 0 Å². The van der Waals surface area contributed by atoms with Crippen LogP contribution in [-0.4, -0.2) is 20.0 Å². The van der Waals surface area contributed by atoms with Crippen LogP contribution in [0.2, 0.25) is 0 Å². The Kier molecular flexibility index (Phi) is 4.01. The maximum Gasteiger partial charge on any atom is 0.231 e. The van der Waals surface area contributed by atoms with Gasteiger partial charge in [-0.25, -0.2) is 0 Å². The van der Waals surface area contributed by atoms with Gasteiger partial charge in [0.1, 0.15) is 0 Å². The van der Waals surface area contributed by atoms with Crippen LogP contribution in [0.1, 0.15) is 12.0 Å². The molecule has 0 bridgehead atoms. The molecule has 1 heterocycles. The van der Waals surface area contributed by atoms with E-state index in [1.807, 2.05) is 12.1 Å². The lowest BCUT2D eigenvalue weighted by Gasteiger charge is -2.07. The van der Waals surface area contributed by atoms with Crippen molar-refractivity contribution in [2.75, 3.05) is 20.0 Å². The van der Waals surface area contributed by atoms with Crippen LogP contribution in [0.5, 0.6) is 11.5 Å². The standard InChI is InChI=1S/C11H13BrFNO2/c12-9-5-11-10(15-7-16-11)4-8(9)6-14-3-1-2-13/h4-5,14H,1-3,6-7H2. The fourth-order valence-corrected chi connectivity index (χ4v) is 1.97. The molecule has 1 aromatic rings. The molecule has 0 saturated carbocycles. The smallest absolute Gasteiger partial charge is 0.231 e. The van der Waals surface area contributed by atoms with Crippen LogP contribution in [0.4, 0.5) is 4.39 Å². The summed E-state index contributed by atoms with van der Waals surface area (Å²) in [5.74, 6) is 1.53. The van der Waals surface area contributed by atoms with E-state index in [0.717, 1.165) is 21.5 Å². The highest BCUT2D eigenvalue weighted by atomic mass is 79.9. The van der Waals surface area contributed by atoms with Crippen LogP contribution in [0.3, 0.4) is 0 Å². The second kappa shape index (κ2) is 5.50. The van der Waals surface area contributed by atoms with E-state index in [-0.39, 0.29) is 13.5 Å². The summed E-state index contributed by atoms with van der Waals surface area (Å²) in [5, 5.41) is 3.17. The number of nitrogens with one attached hydrogen (secondary N) is 1. The Hall–Kier alpha value is -0.810. The van der Waals surface area contributed by atoms with Crippen LogP contribution in [0.15, 0.2) is 16.6 Å². The third kappa shape index (κ3) is 2.65. The van der Waals surface area contributed by atoms with Crippen LogP contribution >= 0.6 is 15.9 Å². The highest BCUT2D eigenvalue weighted by Gasteiger charge is 2.15. The van der Waals surface area contributed by atoms with E-state index in [1.165, 1.54) is 0 Å². The summed E-state index contributed by atoms with van der Waals surface area (Å²) >= 11 is 3.47. The normalized spacial score (nSPS) is 13.1. The van der Waals surface area contributed by atoms with Crippen LogP contribution < -0.4 is 14.8 Å². The van der Waals surface area contributed by atoms with Gasteiger partial charge >= 0.3 is 0 Å². The molecule has 0 fully saturated rings. The van der Waals surface area contributed by atoms with Crippen LogP contribution in [0, 0.1) is 0 Å². The summed E-state index contributed by atoms with van der Waals surface area (Å²) in [5.41, 5.74) is 1.09. The molecule has 0 unspecified atom stereocenters. The maximum atomic E-state index is 11.9. The third-order valence-electron chi connectivity index (χ3n) is 2.34. The fraction of sp³-hybridized carbons (Fsp3) is 0.455. The number of halogens is 2. The fourth-order valence-electron chi connectivity index (χ4n) is 1.51. The molecule has 1 aliphatic heterocycles. The lowest BCUT2D eigenvalue weighted by Crippen LogP contribution is -2.15. The van der Waals surface area contributed by atoms with Gasteiger partial charge in [0, 0.05) is 11.0 Å². The summed E-state index contributed by atoms with van der Waals surface area (Å²) in [6.45, 7) is 1.37. The van der Waals surface area contributed by atoms with E-state index in [4.69, 9.17) is 9.47 Å². The average Bonchev–Trinajstić information content (AvgIpc) is 2.71. The maximum absolute atomic E-state index is 11.9. The molecule has 0 amide bonds. The van der Waals surface area contributed by atoms with Gasteiger partial charge < -0.3 is 14.8 Å². The van der Waals surface area contributed by atoms with E-state index < -0.39 is 0 Å². The predicted octanol–water partition coefficient (Wildman–Crippen LogP) is 2.63. The molecule has 0 radical (unpaired) electrons. The first-order valence-corrected chi connectivity index (χ1v) is 5.95. The molecule has 1 N–H and O–H groups in total. The molecule has 0 aromatic heterocycles. The molecule has 88 valence electrons. The zero-order valence-corrected chi connectivity index (χ0v) is 10.3. The van der Waals surface area contributed by atoms with Gasteiger partial charge in [-0.15, -0.1) is 0 Å². The van der Waals surface area contributed by atoms with E-state index in [0.29, 0.717) is 19.5 Å². The SMILES string of the molecule is FCCCNCc1cc2c(cc1Br)OCO2. The Morgan fingerprint density at radius 1 is 1.31 bits per heavy atom. The van der Waals surface area contributed by atoms with Gasteiger partial charge in [0.25, 0.3) is 0 Å². The van der Waals surface area contributed by atoms with E-state index in [2.05, 4.69) is 21.2 Å². The van der Waals surface area contributed by atoms with Gasteiger partial charge in [-0.05, 0) is 30.7 Å². The van der Waals surface area contributed by atoms with Crippen molar-refractivity contribution in [3.05, 3.63) is 22.2 Å². The summed E-state index contributed by atoms with van der Waals surface area (Å²) in [7, 11) is 0. The average molecular weight is 290 g/mol. The monoisotopic (exact) mass is 289 g/mol. The molecular formula is C11H13BrFNO2. The summed E-state index contributed by atoms with van der Waals surface area (Å²) < 4.78 is 23.4. The lowest BCUT2D eigenvalue weighted by atomic mass is 10.2. The first kappa shape index (κ1) is 11.7. The first-order chi connectivity index (χ1) is 7.81. The Morgan fingerprint density at radius 2 is 2.06 bits per heavy atom. The number of alkyl halides is 1. The van der Waals surface area contributed by atoms with E-state index in [9.17, 15) is 4.39 Å². The van der Waals surface area contributed by atoms with Gasteiger partial charge in [-0.1, -0.05) is 15.9 Å². The van der Waals surface area contributed by atoms with Crippen molar-refractivity contribution in [2.24, 2.45) is 0 Å². The molecule has 2 rings (SSSR count). The molecule has 1 aliphatic rings. The topological polar surface area (TPSA) is 30.5 Å². The van der Waals surface area contributed by atoms with Crippen molar-refractivity contribution in [3.63, 3.8) is 0 Å². The van der Waals surface area contributed by atoms with Gasteiger partial charge in [0.2, 0.25) is 6.79 Å². The summed E-state index contributed by atoms with van der Waals surface area (Å²) in [4.78, 5) is 0. The molecule has 1 aromatic carbocycles. The van der Waals surface area contributed by atoms with Crippen molar-refractivity contribution in [2.45, 2.75) is 13.0 Å². The molecule has 16 heavy (non-hydrogen) atoms.